The lowest BCUT2D eigenvalue weighted by Gasteiger charge is -1.99. The number of amides is 1. The van der Waals surface area contributed by atoms with E-state index in [4.69, 9.17) is 16.0 Å². The van der Waals surface area contributed by atoms with Gasteiger partial charge in [-0.05, 0) is 35.9 Å². The summed E-state index contributed by atoms with van der Waals surface area (Å²) in [6.07, 6.45) is 4.49. The van der Waals surface area contributed by atoms with Gasteiger partial charge in [-0.1, -0.05) is 17.7 Å². The third-order valence-electron chi connectivity index (χ3n) is 3.59. The third kappa shape index (κ3) is 4.92. The fourth-order valence-corrected chi connectivity index (χ4v) is 2.47. The second-order valence-corrected chi connectivity index (χ2v) is 6.12. The van der Waals surface area contributed by atoms with Gasteiger partial charge in [-0.3, -0.25) is 14.3 Å². The van der Waals surface area contributed by atoms with E-state index in [1.165, 1.54) is 37.3 Å². The topological polar surface area (TPSA) is 77.1 Å². The molecule has 0 aliphatic carbocycles. The molecule has 0 bridgehead atoms. The number of nitrogens with one attached hydrogen (secondary N) is 1. The van der Waals surface area contributed by atoms with Gasteiger partial charge in [0.1, 0.15) is 11.6 Å². The van der Waals surface area contributed by atoms with Crippen molar-refractivity contribution in [1.29, 1.82) is 0 Å². The van der Waals surface area contributed by atoms with Crippen molar-refractivity contribution in [2.24, 2.45) is 0 Å². The number of halogens is 2. The van der Waals surface area contributed by atoms with Gasteiger partial charge in [-0.25, -0.2) is 4.39 Å². The number of carbonyl (C=O) groups is 2. The second kappa shape index (κ2) is 8.01. The van der Waals surface area contributed by atoms with Crippen LogP contribution >= 0.6 is 11.6 Å². The van der Waals surface area contributed by atoms with Gasteiger partial charge in [-0.2, -0.15) is 5.10 Å². The van der Waals surface area contributed by atoms with Gasteiger partial charge < -0.3 is 9.73 Å². The molecular formula is C19H15ClFN3O3. The Hall–Kier alpha value is -3.19. The number of furan rings is 1. The van der Waals surface area contributed by atoms with Crippen LogP contribution in [0.4, 0.5) is 10.2 Å². The van der Waals surface area contributed by atoms with Crippen molar-refractivity contribution >= 4 is 35.2 Å². The first-order valence-corrected chi connectivity index (χ1v) is 8.36. The SMILES string of the molecule is CC(=O)c1ccc(Cn2ccc(NC(=O)/C=C\c3ccc(F)c(Cl)c3)n2)o1. The molecule has 0 aliphatic rings. The van der Waals surface area contributed by atoms with Crippen LogP contribution in [0.5, 0.6) is 0 Å². The Labute approximate surface area is 159 Å². The van der Waals surface area contributed by atoms with Gasteiger partial charge in [0.15, 0.2) is 17.4 Å². The Kier molecular flexibility index (Phi) is 5.52. The maximum atomic E-state index is 13.1. The lowest BCUT2D eigenvalue weighted by Crippen LogP contribution is -2.09. The van der Waals surface area contributed by atoms with Gasteiger partial charge in [0.25, 0.3) is 0 Å². The highest BCUT2D eigenvalue weighted by Gasteiger charge is 2.08. The Morgan fingerprint density at radius 1 is 1.30 bits per heavy atom. The average molecular weight is 388 g/mol. The molecule has 0 spiro atoms. The molecule has 138 valence electrons. The molecular weight excluding hydrogens is 373 g/mol. The summed E-state index contributed by atoms with van der Waals surface area (Å²) < 4.78 is 20.1. The molecule has 1 amide bonds. The third-order valence-corrected chi connectivity index (χ3v) is 3.88. The number of benzene rings is 1. The van der Waals surface area contributed by atoms with E-state index >= 15 is 0 Å². The number of carbonyl (C=O) groups excluding carboxylic acids is 2. The van der Waals surface area contributed by atoms with Gasteiger partial charge in [-0.15, -0.1) is 0 Å². The quantitative estimate of drug-likeness (QED) is 0.508. The van der Waals surface area contributed by atoms with Gasteiger partial charge in [0.05, 0.1) is 11.6 Å². The van der Waals surface area contributed by atoms with Crippen LogP contribution in [0.2, 0.25) is 5.02 Å². The molecule has 27 heavy (non-hydrogen) atoms. The van der Waals surface area contributed by atoms with Crippen LogP contribution in [0, 0.1) is 5.82 Å². The highest BCUT2D eigenvalue weighted by atomic mass is 35.5. The molecule has 0 saturated heterocycles. The van der Waals surface area contributed by atoms with Crippen LogP contribution in [0.25, 0.3) is 6.08 Å². The minimum atomic E-state index is -0.518. The lowest BCUT2D eigenvalue weighted by molar-refractivity contribution is -0.111. The van der Waals surface area contributed by atoms with Crippen molar-refractivity contribution in [2.75, 3.05) is 5.32 Å². The summed E-state index contributed by atoms with van der Waals surface area (Å²) in [5.41, 5.74) is 0.598. The minimum Gasteiger partial charge on any atom is -0.456 e. The number of nitrogens with zero attached hydrogens (tertiary/aromatic N) is 2. The van der Waals surface area contributed by atoms with E-state index in [2.05, 4.69) is 10.4 Å². The first kappa shape index (κ1) is 18.6. The number of aromatic nitrogens is 2. The molecule has 8 heteroatoms. The van der Waals surface area contributed by atoms with E-state index in [0.717, 1.165) is 0 Å². The van der Waals surface area contributed by atoms with Gasteiger partial charge in [0, 0.05) is 25.3 Å². The number of ketones is 1. The Balaban J connectivity index is 1.59. The zero-order chi connectivity index (χ0) is 19.4. The monoisotopic (exact) mass is 387 g/mol. The Morgan fingerprint density at radius 2 is 2.11 bits per heavy atom. The molecule has 0 aliphatic heterocycles. The molecule has 1 N–H and O–H groups in total. The van der Waals surface area contributed by atoms with E-state index in [-0.39, 0.29) is 16.6 Å². The summed E-state index contributed by atoms with van der Waals surface area (Å²) in [7, 11) is 0. The van der Waals surface area contributed by atoms with Gasteiger partial charge >= 0.3 is 0 Å². The summed E-state index contributed by atoms with van der Waals surface area (Å²) in [6, 6.07) is 9.11. The molecule has 0 radical (unpaired) electrons. The van der Waals surface area contributed by atoms with Crippen molar-refractivity contribution < 1.29 is 18.4 Å². The predicted octanol–water partition coefficient (Wildman–Crippen LogP) is 4.17. The van der Waals surface area contributed by atoms with Crippen molar-refractivity contribution in [1.82, 2.24) is 9.78 Å². The molecule has 0 saturated carbocycles. The van der Waals surface area contributed by atoms with Crippen LogP contribution in [0.1, 0.15) is 28.8 Å². The smallest absolute Gasteiger partial charge is 0.249 e. The minimum absolute atomic E-state index is 0.0119. The van der Waals surface area contributed by atoms with Crippen LogP contribution in [0.15, 0.2) is 53.1 Å². The van der Waals surface area contributed by atoms with E-state index in [1.807, 2.05) is 0 Å². The predicted molar refractivity (Wildman–Crippen MR) is 99.1 cm³/mol. The fourth-order valence-electron chi connectivity index (χ4n) is 2.28. The van der Waals surface area contributed by atoms with E-state index in [0.29, 0.717) is 23.7 Å². The first-order valence-electron chi connectivity index (χ1n) is 7.98. The number of rotatable bonds is 6. The molecule has 3 aromatic rings. The van der Waals surface area contributed by atoms with Crippen LogP contribution in [-0.2, 0) is 11.3 Å². The molecule has 2 heterocycles. The van der Waals surface area contributed by atoms with E-state index < -0.39 is 11.7 Å². The number of hydrogen-bond donors (Lipinski definition) is 1. The van der Waals surface area contributed by atoms with Gasteiger partial charge in [0.2, 0.25) is 5.91 Å². The highest BCUT2D eigenvalue weighted by molar-refractivity contribution is 6.30. The molecule has 0 unspecified atom stereocenters. The van der Waals surface area contributed by atoms with Crippen molar-refractivity contribution in [3.63, 3.8) is 0 Å². The summed E-state index contributed by atoms with van der Waals surface area (Å²) in [6.45, 7) is 1.75. The normalized spacial score (nSPS) is 11.1. The Bertz CT molecular complexity index is 1020. The van der Waals surface area contributed by atoms with Crippen LogP contribution in [0.3, 0.4) is 0 Å². The maximum Gasteiger partial charge on any atom is 0.249 e. The molecule has 3 rings (SSSR count). The van der Waals surface area contributed by atoms with E-state index in [9.17, 15) is 14.0 Å². The number of anilines is 1. The number of Topliss-reactive ketones (excluding diaryl/α,β-unsaturated/α-hetero) is 1. The molecule has 0 fully saturated rings. The second-order valence-electron chi connectivity index (χ2n) is 5.72. The van der Waals surface area contributed by atoms with E-state index in [1.54, 1.807) is 29.1 Å². The fraction of sp³-hybridized carbons (Fsp3) is 0.105. The standard InChI is InChI=1S/C19H15ClFN3O3/c1-12(25)17-6-4-14(27-17)11-24-9-8-18(23-24)22-19(26)7-3-13-2-5-16(21)15(20)10-13/h2-10H,11H2,1H3,(H,22,23,26)/b7-3-. The summed E-state index contributed by atoms with van der Waals surface area (Å²) in [5, 5.41) is 6.82. The average Bonchev–Trinajstić information content (AvgIpc) is 3.26. The van der Waals surface area contributed by atoms with Crippen molar-refractivity contribution in [2.45, 2.75) is 13.5 Å². The molecule has 6 nitrogen and oxygen atoms in total. The first-order chi connectivity index (χ1) is 12.9. The zero-order valence-corrected chi connectivity index (χ0v) is 15.0. The summed E-state index contributed by atoms with van der Waals surface area (Å²) in [4.78, 5) is 23.2. The van der Waals surface area contributed by atoms with Crippen molar-refractivity contribution in [3.8, 4) is 0 Å². The van der Waals surface area contributed by atoms with Crippen molar-refractivity contribution in [3.05, 3.63) is 76.6 Å². The zero-order valence-electron chi connectivity index (χ0n) is 14.3. The van der Waals surface area contributed by atoms with Crippen LogP contribution in [-0.4, -0.2) is 21.5 Å². The molecule has 1 aromatic carbocycles. The molecule has 2 aromatic heterocycles. The van der Waals surface area contributed by atoms with Crippen LogP contribution < -0.4 is 5.32 Å². The summed E-state index contributed by atoms with van der Waals surface area (Å²) in [5.74, 6) is 0.170. The largest absolute Gasteiger partial charge is 0.456 e. The summed E-state index contributed by atoms with van der Waals surface area (Å²) >= 11 is 5.70. The maximum absolute atomic E-state index is 13.1. The lowest BCUT2D eigenvalue weighted by atomic mass is 10.2. The number of hydrogen-bond acceptors (Lipinski definition) is 4. The molecule has 0 atom stereocenters. The highest BCUT2D eigenvalue weighted by Crippen LogP contribution is 2.17. The Morgan fingerprint density at radius 3 is 2.81 bits per heavy atom.